The number of carbonyl (C=O) groups excluding carboxylic acids is 1. The maximum absolute atomic E-state index is 10.8. The molecule has 2 N–H and O–H groups in total. The van der Waals surface area contributed by atoms with E-state index in [1.54, 1.807) is 7.11 Å². The van der Waals surface area contributed by atoms with Gasteiger partial charge >= 0.3 is 0 Å². The minimum absolute atomic E-state index is 0.177. The lowest BCUT2D eigenvalue weighted by Crippen LogP contribution is -2.22. The number of ether oxygens (including phenoxy) is 1. The molecule has 0 fully saturated rings. The first-order chi connectivity index (χ1) is 6.76. The molecule has 1 rings (SSSR count). The minimum atomic E-state index is -0.177. The van der Waals surface area contributed by atoms with Crippen molar-refractivity contribution in [2.75, 3.05) is 19.0 Å². The summed E-state index contributed by atoms with van der Waals surface area (Å²) in [5.41, 5.74) is 0.864. The fourth-order valence-corrected chi connectivity index (χ4v) is 1.01. The Morgan fingerprint density at radius 3 is 2.57 bits per heavy atom. The zero-order valence-electron chi connectivity index (χ0n) is 7.78. The molecule has 0 unspecified atom stereocenters. The highest BCUT2D eigenvalue weighted by Crippen LogP contribution is 2.14. The molecule has 0 bridgehead atoms. The van der Waals surface area contributed by atoms with Gasteiger partial charge in [-0.25, -0.2) is 0 Å². The van der Waals surface area contributed by atoms with Crippen molar-refractivity contribution in [3.05, 3.63) is 24.3 Å². The smallest absolute Gasteiger partial charge is 0.248 e. The summed E-state index contributed by atoms with van der Waals surface area (Å²) < 4.78 is 7.22. The number of carbonyl (C=O) groups is 1. The molecule has 0 atom stereocenters. The van der Waals surface area contributed by atoms with Crippen LogP contribution in [0.1, 0.15) is 0 Å². The molecule has 0 spiro atoms. The van der Waals surface area contributed by atoms with Crippen LogP contribution in [-0.4, -0.2) is 19.6 Å². The summed E-state index contributed by atoms with van der Waals surface area (Å²) in [5.74, 6) is 0.610. The average molecular weight is 212 g/mol. The topological polar surface area (TPSA) is 50.4 Å². The van der Waals surface area contributed by atoms with Crippen LogP contribution in [0.5, 0.6) is 5.75 Å². The second-order valence-corrected chi connectivity index (χ2v) is 2.84. The van der Waals surface area contributed by atoms with Gasteiger partial charge in [0, 0.05) is 5.69 Å². The molecule has 14 heavy (non-hydrogen) atoms. The Hall–Kier alpha value is -1.36. The molecule has 1 aromatic carbocycles. The van der Waals surface area contributed by atoms with Crippen LogP contribution in [0, 0.1) is 0 Å². The molecule has 5 heteroatoms. The predicted molar refractivity (Wildman–Crippen MR) is 58.6 cm³/mol. The van der Waals surface area contributed by atoms with Gasteiger partial charge in [-0.2, -0.15) is 0 Å². The first kappa shape index (κ1) is 10.7. The highest BCUT2D eigenvalue weighted by Gasteiger charge is 1.97. The van der Waals surface area contributed by atoms with Crippen molar-refractivity contribution >= 4 is 24.4 Å². The molecule has 0 saturated heterocycles. The van der Waals surface area contributed by atoms with E-state index in [2.05, 4.69) is 22.9 Å². The van der Waals surface area contributed by atoms with Crippen LogP contribution in [0.2, 0.25) is 0 Å². The van der Waals surface area contributed by atoms with Gasteiger partial charge in [0.1, 0.15) is 5.75 Å². The number of anilines is 1. The summed E-state index contributed by atoms with van der Waals surface area (Å²) in [5, 5.41) is 2.93. The van der Waals surface area contributed by atoms with Gasteiger partial charge in [0.25, 0.3) is 0 Å². The van der Waals surface area contributed by atoms with Crippen LogP contribution < -0.4 is 14.8 Å². The second kappa shape index (κ2) is 5.39. The summed E-state index contributed by atoms with van der Waals surface area (Å²) in [4.78, 5) is 10.8. The van der Waals surface area contributed by atoms with Crippen molar-refractivity contribution in [1.29, 1.82) is 0 Å². The molecule has 0 aromatic heterocycles. The number of hydrogen-bond acceptors (Lipinski definition) is 4. The lowest BCUT2D eigenvalue weighted by atomic mass is 10.3. The number of rotatable bonds is 4. The minimum Gasteiger partial charge on any atom is -0.497 e. The molecule has 0 heterocycles. The maximum Gasteiger partial charge on any atom is 0.248 e. The molecule has 76 valence electrons. The Morgan fingerprint density at radius 2 is 2.07 bits per heavy atom. The van der Waals surface area contributed by atoms with E-state index < -0.39 is 0 Å². The standard InChI is InChI=1S/C9H12N2O2S/c1-13-8-4-2-7(3-5-8)10-6-9(12)11-14/h2-5,10,14H,6H2,1H3,(H,11,12). The molecule has 0 aliphatic rings. The molecule has 0 aliphatic heterocycles. The van der Waals surface area contributed by atoms with Crippen LogP contribution in [0.4, 0.5) is 5.69 Å². The highest BCUT2D eigenvalue weighted by molar-refractivity contribution is 7.78. The first-order valence-corrected chi connectivity index (χ1v) is 4.52. The van der Waals surface area contributed by atoms with Gasteiger partial charge in [0.15, 0.2) is 0 Å². The van der Waals surface area contributed by atoms with Crippen LogP contribution in [0.15, 0.2) is 24.3 Å². The van der Waals surface area contributed by atoms with E-state index in [1.807, 2.05) is 24.3 Å². The Kier molecular flexibility index (Phi) is 4.12. The third-order valence-corrected chi connectivity index (χ3v) is 1.92. The SMILES string of the molecule is COc1ccc(NCC(=O)NS)cc1. The fraction of sp³-hybridized carbons (Fsp3) is 0.222. The lowest BCUT2D eigenvalue weighted by Gasteiger charge is -2.05. The van der Waals surface area contributed by atoms with Crippen molar-refractivity contribution in [3.63, 3.8) is 0 Å². The van der Waals surface area contributed by atoms with Crippen molar-refractivity contribution in [3.8, 4) is 5.75 Å². The number of methoxy groups -OCH3 is 1. The van der Waals surface area contributed by atoms with Gasteiger partial charge in [-0.1, -0.05) is 12.8 Å². The summed E-state index contributed by atoms with van der Waals surface area (Å²) in [6, 6.07) is 7.32. The van der Waals surface area contributed by atoms with E-state index in [0.717, 1.165) is 11.4 Å². The quantitative estimate of drug-likeness (QED) is 0.654. The van der Waals surface area contributed by atoms with E-state index in [-0.39, 0.29) is 12.5 Å². The second-order valence-electron chi connectivity index (χ2n) is 2.62. The van der Waals surface area contributed by atoms with E-state index in [1.165, 1.54) is 0 Å². The van der Waals surface area contributed by atoms with E-state index in [0.29, 0.717) is 0 Å². The molecule has 1 amide bonds. The third kappa shape index (κ3) is 3.18. The summed E-state index contributed by atoms with van der Waals surface area (Å²) in [6.45, 7) is 0.204. The Balaban J connectivity index is 2.47. The van der Waals surface area contributed by atoms with Crippen molar-refractivity contribution in [1.82, 2.24) is 4.72 Å². The normalized spacial score (nSPS) is 9.29. The van der Waals surface area contributed by atoms with Gasteiger partial charge < -0.3 is 14.8 Å². The third-order valence-electron chi connectivity index (χ3n) is 1.67. The van der Waals surface area contributed by atoms with E-state index >= 15 is 0 Å². The maximum atomic E-state index is 10.8. The fourth-order valence-electron chi connectivity index (χ4n) is 0.931. The summed E-state index contributed by atoms with van der Waals surface area (Å²) >= 11 is 3.63. The predicted octanol–water partition coefficient (Wildman–Crippen LogP) is 1.07. The number of amides is 1. The van der Waals surface area contributed by atoms with E-state index in [9.17, 15) is 4.79 Å². The number of hydrogen-bond donors (Lipinski definition) is 3. The molecule has 4 nitrogen and oxygen atoms in total. The highest BCUT2D eigenvalue weighted by atomic mass is 32.1. The zero-order chi connectivity index (χ0) is 10.4. The Morgan fingerprint density at radius 1 is 1.43 bits per heavy atom. The summed E-state index contributed by atoms with van der Waals surface area (Å²) in [7, 11) is 1.61. The zero-order valence-corrected chi connectivity index (χ0v) is 8.67. The van der Waals surface area contributed by atoms with Crippen molar-refractivity contribution < 1.29 is 9.53 Å². The summed E-state index contributed by atoms with van der Waals surface area (Å²) in [6.07, 6.45) is 0. The molecular formula is C9H12N2O2S. The number of nitrogens with one attached hydrogen (secondary N) is 2. The molecule has 1 aromatic rings. The van der Waals surface area contributed by atoms with E-state index in [4.69, 9.17) is 4.74 Å². The molecule has 0 radical (unpaired) electrons. The monoisotopic (exact) mass is 212 g/mol. The molecule has 0 aliphatic carbocycles. The van der Waals surface area contributed by atoms with Crippen LogP contribution in [-0.2, 0) is 4.79 Å². The molecule has 0 saturated carbocycles. The number of thiol groups is 1. The van der Waals surface area contributed by atoms with Gasteiger partial charge in [-0.05, 0) is 24.3 Å². The first-order valence-electron chi connectivity index (χ1n) is 4.07. The largest absolute Gasteiger partial charge is 0.497 e. The lowest BCUT2D eigenvalue weighted by molar-refractivity contribution is -0.117. The van der Waals surface area contributed by atoms with Gasteiger partial charge in [-0.3, -0.25) is 4.79 Å². The van der Waals surface area contributed by atoms with Crippen LogP contribution in [0.25, 0.3) is 0 Å². The van der Waals surface area contributed by atoms with Crippen molar-refractivity contribution in [2.45, 2.75) is 0 Å². The van der Waals surface area contributed by atoms with Gasteiger partial charge in [0.2, 0.25) is 5.91 Å². The number of benzene rings is 1. The van der Waals surface area contributed by atoms with Crippen molar-refractivity contribution in [2.24, 2.45) is 0 Å². The molecular weight excluding hydrogens is 200 g/mol. The Labute approximate surface area is 88.2 Å². The average Bonchev–Trinajstić information content (AvgIpc) is 2.26. The van der Waals surface area contributed by atoms with Crippen LogP contribution >= 0.6 is 12.8 Å². The van der Waals surface area contributed by atoms with Gasteiger partial charge in [-0.15, -0.1) is 0 Å². The van der Waals surface area contributed by atoms with Gasteiger partial charge in [0.05, 0.1) is 13.7 Å². The Bertz CT molecular complexity index is 300. The van der Waals surface area contributed by atoms with Crippen LogP contribution in [0.3, 0.4) is 0 Å².